The Morgan fingerprint density at radius 2 is 1.66 bits per heavy atom. The monoisotopic (exact) mass is 701 g/mol. The number of nitrogens with two attached hydrogens (primary N) is 2. The molecule has 3 amide bonds. The highest BCUT2D eigenvalue weighted by molar-refractivity contribution is 7.99. The zero-order valence-electron chi connectivity index (χ0n) is 28.8. The number of rotatable bonds is 9. The molecule has 0 spiro atoms. The molecule has 5 rings (SSSR count). The summed E-state index contributed by atoms with van der Waals surface area (Å²) >= 11 is 1.50. The number of aromatic nitrogens is 1. The lowest BCUT2D eigenvalue weighted by Crippen LogP contribution is -2.57. The molecule has 10 nitrogen and oxygen atoms in total. The van der Waals surface area contributed by atoms with E-state index in [0.717, 1.165) is 37.4 Å². The van der Waals surface area contributed by atoms with E-state index < -0.39 is 18.1 Å². The van der Waals surface area contributed by atoms with Gasteiger partial charge in [0.05, 0.1) is 6.04 Å². The summed E-state index contributed by atoms with van der Waals surface area (Å²) in [5, 5.41) is 10.4. The van der Waals surface area contributed by atoms with Crippen molar-refractivity contribution in [3.63, 3.8) is 0 Å². The van der Waals surface area contributed by atoms with Gasteiger partial charge in [-0.25, -0.2) is 4.39 Å². The van der Waals surface area contributed by atoms with Gasteiger partial charge in [-0.15, -0.1) is 0 Å². The summed E-state index contributed by atoms with van der Waals surface area (Å²) < 4.78 is 14.6. The SMILES string of the molecule is Cc1cccc2c1Sc1ccc(F)cc1CNC(CCCN)C(=O)NC(CCCCN)C(=O)N(C)C(Cc1c[nH]c3ccccc13)C(=O)NC2. The Bertz CT molecular complexity index is 1800. The van der Waals surface area contributed by atoms with Crippen molar-refractivity contribution in [1.29, 1.82) is 0 Å². The second-order valence-electron chi connectivity index (χ2n) is 12.9. The third-order valence-electron chi connectivity index (χ3n) is 9.30. The van der Waals surface area contributed by atoms with E-state index in [1.54, 1.807) is 13.1 Å². The smallest absolute Gasteiger partial charge is 0.245 e. The Morgan fingerprint density at radius 1 is 0.880 bits per heavy atom. The van der Waals surface area contributed by atoms with Crippen molar-refractivity contribution < 1.29 is 18.8 Å². The molecule has 0 saturated heterocycles. The van der Waals surface area contributed by atoms with Crippen LogP contribution < -0.4 is 27.4 Å². The van der Waals surface area contributed by atoms with Gasteiger partial charge in [0.2, 0.25) is 17.7 Å². The minimum atomic E-state index is -0.890. The van der Waals surface area contributed by atoms with Gasteiger partial charge >= 0.3 is 0 Å². The third kappa shape index (κ3) is 9.11. The number of aromatic amines is 1. The van der Waals surface area contributed by atoms with E-state index >= 15 is 0 Å². The van der Waals surface area contributed by atoms with Crippen molar-refractivity contribution in [1.82, 2.24) is 25.8 Å². The van der Waals surface area contributed by atoms with Gasteiger partial charge in [0.25, 0.3) is 0 Å². The number of unbranched alkanes of at least 4 members (excludes halogenated alkanes) is 1. The number of fused-ring (bicyclic) bond motifs is 3. The van der Waals surface area contributed by atoms with Gasteiger partial charge in [-0.1, -0.05) is 48.2 Å². The summed E-state index contributed by atoms with van der Waals surface area (Å²) in [6.45, 7) is 3.28. The summed E-state index contributed by atoms with van der Waals surface area (Å²) in [5.74, 6) is -1.42. The highest BCUT2D eigenvalue weighted by Crippen LogP contribution is 2.36. The average molecular weight is 702 g/mol. The largest absolute Gasteiger partial charge is 0.361 e. The molecule has 0 bridgehead atoms. The number of para-hydroxylation sites is 1. The first-order valence-electron chi connectivity index (χ1n) is 17.3. The van der Waals surface area contributed by atoms with Crippen molar-refractivity contribution in [2.75, 3.05) is 20.1 Å². The third-order valence-corrected chi connectivity index (χ3v) is 10.7. The number of benzene rings is 3. The minimum Gasteiger partial charge on any atom is -0.361 e. The minimum absolute atomic E-state index is 0.221. The summed E-state index contributed by atoms with van der Waals surface area (Å²) in [6.07, 6.45) is 4.78. The van der Waals surface area contributed by atoms with Crippen LogP contribution in [0.4, 0.5) is 4.39 Å². The van der Waals surface area contributed by atoms with E-state index in [2.05, 4.69) is 20.9 Å². The van der Waals surface area contributed by atoms with E-state index in [1.807, 2.05) is 55.6 Å². The molecule has 4 aromatic rings. The molecule has 3 aromatic carbocycles. The van der Waals surface area contributed by atoms with E-state index in [9.17, 15) is 18.8 Å². The molecule has 0 fully saturated rings. The van der Waals surface area contributed by atoms with Crippen LogP contribution in [0.5, 0.6) is 0 Å². The molecule has 2 heterocycles. The van der Waals surface area contributed by atoms with Crippen LogP contribution in [-0.2, 0) is 33.9 Å². The number of hydrogen-bond acceptors (Lipinski definition) is 7. The number of halogens is 1. The molecule has 0 aliphatic carbocycles. The Balaban J connectivity index is 1.57. The van der Waals surface area contributed by atoms with Crippen LogP contribution in [0.15, 0.2) is 76.7 Å². The molecule has 1 aliphatic rings. The zero-order chi connectivity index (χ0) is 35.6. The fraction of sp³-hybridized carbons (Fsp3) is 0.395. The number of nitrogens with zero attached hydrogens (tertiary/aromatic N) is 1. The maximum atomic E-state index is 14.6. The molecule has 266 valence electrons. The highest BCUT2D eigenvalue weighted by atomic mass is 32.2. The van der Waals surface area contributed by atoms with Crippen LogP contribution in [0.1, 0.15) is 54.4 Å². The van der Waals surface area contributed by atoms with Crippen LogP contribution in [0.2, 0.25) is 0 Å². The van der Waals surface area contributed by atoms with Gasteiger partial charge in [0.1, 0.15) is 17.9 Å². The van der Waals surface area contributed by atoms with Gasteiger partial charge < -0.3 is 37.3 Å². The van der Waals surface area contributed by atoms with Crippen LogP contribution in [0, 0.1) is 12.7 Å². The molecular formula is C38H48FN7O3S. The number of hydrogen-bond donors (Lipinski definition) is 6. The summed E-state index contributed by atoms with van der Waals surface area (Å²) in [6, 6.07) is 15.9. The summed E-state index contributed by atoms with van der Waals surface area (Å²) in [4.78, 5) is 49.0. The van der Waals surface area contributed by atoms with Crippen molar-refractivity contribution >= 4 is 40.4 Å². The van der Waals surface area contributed by atoms with Gasteiger partial charge in [-0.2, -0.15) is 0 Å². The van der Waals surface area contributed by atoms with Crippen LogP contribution in [-0.4, -0.2) is 65.9 Å². The normalized spacial score (nSPS) is 19.4. The predicted molar refractivity (Wildman–Crippen MR) is 196 cm³/mol. The van der Waals surface area contributed by atoms with Crippen LogP contribution in [0.3, 0.4) is 0 Å². The lowest BCUT2D eigenvalue weighted by Gasteiger charge is -2.32. The lowest BCUT2D eigenvalue weighted by molar-refractivity contribution is -0.142. The topological polar surface area (TPSA) is 158 Å². The van der Waals surface area contributed by atoms with E-state index in [1.165, 1.54) is 28.8 Å². The first-order valence-corrected chi connectivity index (χ1v) is 18.1. The van der Waals surface area contributed by atoms with Gasteiger partial charge in [0.15, 0.2) is 0 Å². The molecule has 12 heteroatoms. The van der Waals surface area contributed by atoms with Crippen molar-refractivity contribution in [2.45, 2.75) is 86.5 Å². The summed E-state index contributed by atoms with van der Waals surface area (Å²) in [5.41, 5.74) is 16.1. The number of nitrogens with one attached hydrogen (secondary N) is 4. The highest BCUT2D eigenvalue weighted by Gasteiger charge is 2.34. The summed E-state index contributed by atoms with van der Waals surface area (Å²) in [7, 11) is 1.63. The molecule has 8 N–H and O–H groups in total. The van der Waals surface area contributed by atoms with Crippen molar-refractivity contribution in [3.8, 4) is 0 Å². The second kappa shape index (κ2) is 17.6. The van der Waals surface area contributed by atoms with E-state index in [-0.39, 0.29) is 43.0 Å². The number of aryl methyl sites for hydroxylation is 1. The average Bonchev–Trinajstić information content (AvgIpc) is 3.52. The Labute approximate surface area is 297 Å². The van der Waals surface area contributed by atoms with Crippen LogP contribution >= 0.6 is 11.8 Å². The Hall–Kier alpha value is -4.23. The molecule has 1 aromatic heterocycles. The maximum absolute atomic E-state index is 14.6. The molecular weight excluding hydrogens is 654 g/mol. The number of carbonyl (C=O) groups excluding carboxylic acids is 3. The van der Waals surface area contributed by atoms with Crippen molar-refractivity contribution in [2.24, 2.45) is 11.5 Å². The lowest BCUT2D eigenvalue weighted by atomic mass is 10.0. The molecule has 50 heavy (non-hydrogen) atoms. The number of likely N-dealkylation sites (N-methyl/N-ethyl adjacent to an activating group) is 1. The standard InChI is InChI=1S/C38H48FN7O3S/c1-24-9-7-10-25-21-44-37(48)33(20-26-22-42-30-12-4-3-11-29(26)30)46(2)38(49)32(13-5-6-17-40)45-36(47)31(14-8-18-41)43-23-27-19-28(39)15-16-34(27)50-35(24)25/h3-4,7,9-12,15-16,19,22,31-33,42-43H,5-6,8,13-14,17-18,20-21,23,40-41H2,1-2H3,(H,44,48)(H,45,47). The van der Waals surface area contributed by atoms with Gasteiger partial charge in [0, 0.05) is 53.4 Å². The van der Waals surface area contributed by atoms with Gasteiger partial charge in [-0.3, -0.25) is 14.4 Å². The van der Waals surface area contributed by atoms with Crippen LogP contribution in [0.25, 0.3) is 10.9 Å². The van der Waals surface area contributed by atoms with E-state index in [0.29, 0.717) is 50.8 Å². The zero-order valence-corrected chi connectivity index (χ0v) is 29.6. The molecule has 1 aliphatic heterocycles. The first-order chi connectivity index (χ1) is 24.2. The Kier molecular flexibility index (Phi) is 13.1. The molecule has 0 radical (unpaired) electrons. The fourth-order valence-corrected chi connectivity index (χ4v) is 7.53. The van der Waals surface area contributed by atoms with Gasteiger partial charge in [-0.05, 0) is 98.6 Å². The molecule has 0 saturated carbocycles. The maximum Gasteiger partial charge on any atom is 0.245 e. The van der Waals surface area contributed by atoms with Crippen molar-refractivity contribution in [3.05, 3.63) is 94.9 Å². The quantitative estimate of drug-likeness (QED) is 0.142. The first kappa shape index (κ1) is 37.0. The Morgan fingerprint density at radius 3 is 2.46 bits per heavy atom. The number of H-pyrrole nitrogens is 1. The van der Waals surface area contributed by atoms with E-state index in [4.69, 9.17) is 11.5 Å². The number of amides is 3. The fourth-order valence-electron chi connectivity index (χ4n) is 6.41. The molecule has 3 unspecified atom stereocenters. The predicted octanol–water partition coefficient (Wildman–Crippen LogP) is 4.28. The molecule has 3 atom stereocenters. The number of carbonyl (C=O) groups is 3. The second-order valence-corrected chi connectivity index (χ2v) is 13.9.